The van der Waals surface area contributed by atoms with Gasteiger partial charge in [-0.15, -0.1) is 0 Å². The lowest BCUT2D eigenvalue weighted by atomic mass is 9.74. The van der Waals surface area contributed by atoms with E-state index in [0.717, 1.165) is 32.4 Å². The third-order valence-corrected chi connectivity index (χ3v) is 4.32. The Morgan fingerprint density at radius 3 is 2.71 bits per heavy atom. The summed E-state index contributed by atoms with van der Waals surface area (Å²) in [6.07, 6.45) is 6.67. The van der Waals surface area contributed by atoms with Gasteiger partial charge < -0.3 is 15.7 Å². The fourth-order valence-electron chi connectivity index (χ4n) is 2.99. The van der Waals surface area contributed by atoms with Crippen LogP contribution in [0.4, 0.5) is 0 Å². The molecule has 0 aromatic rings. The van der Waals surface area contributed by atoms with Gasteiger partial charge in [-0.05, 0) is 25.8 Å². The minimum absolute atomic E-state index is 0.0417. The predicted octanol–water partition coefficient (Wildman–Crippen LogP) is 0.655. The van der Waals surface area contributed by atoms with Gasteiger partial charge in [0.05, 0.1) is 12.5 Å². The number of aliphatic hydroxyl groups excluding tert-OH is 1. The Labute approximate surface area is 103 Å². The van der Waals surface area contributed by atoms with Gasteiger partial charge in [0, 0.05) is 18.5 Å². The predicted molar refractivity (Wildman–Crippen MR) is 66.6 cm³/mol. The van der Waals surface area contributed by atoms with Gasteiger partial charge in [0.25, 0.3) is 0 Å². The van der Waals surface area contributed by atoms with Crippen LogP contribution in [-0.2, 0) is 4.79 Å². The van der Waals surface area contributed by atoms with Crippen molar-refractivity contribution in [1.29, 1.82) is 0 Å². The number of hydrogen-bond donors (Lipinski definition) is 3. The van der Waals surface area contributed by atoms with E-state index in [1.165, 1.54) is 19.3 Å². The quantitative estimate of drug-likeness (QED) is 0.676. The zero-order valence-corrected chi connectivity index (χ0v) is 10.5. The van der Waals surface area contributed by atoms with E-state index in [9.17, 15) is 9.90 Å². The molecule has 1 saturated heterocycles. The molecule has 1 atom stereocenters. The van der Waals surface area contributed by atoms with E-state index in [1.807, 2.05) is 0 Å². The van der Waals surface area contributed by atoms with Crippen LogP contribution in [0.15, 0.2) is 0 Å². The standard InChI is InChI=1S/C13H24N2O2/c16-10-13(5-2-1-3-6-13)9-15-12(17)11-4-7-14-8-11/h11,14,16H,1-10H2,(H,15,17). The van der Waals surface area contributed by atoms with Crippen LogP contribution in [0.2, 0.25) is 0 Å². The van der Waals surface area contributed by atoms with Gasteiger partial charge in [0.15, 0.2) is 0 Å². The van der Waals surface area contributed by atoms with E-state index in [4.69, 9.17) is 0 Å². The van der Waals surface area contributed by atoms with E-state index in [1.54, 1.807) is 0 Å². The fraction of sp³-hybridized carbons (Fsp3) is 0.923. The first-order chi connectivity index (χ1) is 8.26. The number of carbonyl (C=O) groups is 1. The first kappa shape index (κ1) is 12.8. The van der Waals surface area contributed by atoms with E-state index in [2.05, 4.69) is 10.6 Å². The largest absolute Gasteiger partial charge is 0.396 e. The van der Waals surface area contributed by atoms with Gasteiger partial charge in [-0.3, -0.25) is 4.79 Å². The molecule has 17 heavy (non-hydrogen) atoms. The molecule has 1 aliphatic carbocycles. The molecule has 1 amide bonds. The van der Waals surface area contributed by atoms with Gasteiger partial charge in [0.1, 0.15) is 0 Å². The molecule has 0 radical (unpaired) electrons. The van der Waals surface area contributed by atoms with Crippen LogP contribution in [0.3, 0.4) is 0 Å². The van der Waals surface area contributed by atoms with Crippen LogP contribution in [0.5, 0.6) is 0 Å². The second-order valence-electron chi connectivity index (χ2n) is 5.63. The highest BCUT2D eigenvalue weighted by molar-refractivity contribution is 5.79. The minimum atomic E-state index is -0.0417. The Morgan fingerprint density at radius 2 is 2.12 bits per heavy atom. The van der Waals surface area contributed by atoms with E-state index < -0.39 is 0 Å². The molecule has 1 heterocycles. The molecule has 0 spiro atoms. The average Bonchev–Trinajstić information content (AvgIpc) is 2.91. The molecule has 4 heteroatoms. The molecular weight excluding hydrogens is 216 g/mol. The smallest absolute Gasteiger partial charge is 0.224 e. The zero-order valence-electron chi connectivity index (χ0n) is 10.5. The summed E-state index contributed by atoms with van der Waals surface area (Å²) in [5.41, 5.74) is -0.0417. The highest BCUT2D eigenvalue weighted by atomic mass is 16.3. The minimum Gasteiger partial charge on any atom is -0.396 e. The normalized spacial score (nSPS) is 27.9. The summed E-state index contributed by atoms with van der Waals surface area (Å²) in [4.78, 5) is 11.9. The Balaban J connectivity index is 1.80. The van der Waals surface area contributed by atoms with Crippen molar-refractivity contribution in [3.8, 4) is 0 Å². The van der Waals surface area contributed by atoms with E-state index in [0.29, 0.717) is 6.54 Å². The van der Waals surface area contributed by atoms with Crippen molar-refractivity contribution in [2.24, 2.45) is 11.3 Å². The van der Waals surface area contributed by atoms with Crippen LogP contribution < -0.4 is 10.6 Å². The maximum Gasteiger partial charge on any atom is 0.224 e. The zero-order chi connectivity index (χ0) is 12.1. The number of amides is 1. The molecule has 1 unspecified atom stereocenters. The molecular formula is C13H24N2O2. The lowest BCUT2D eigenvalue weighted by molar-refractivity contribution is -0.125. The molecule has 0 bridgehead atoms. The Bertz CT molecular complexity index is 256. The van der Waals surface area contributed by atoms with Crippen molar-refractivity contribution in [2.75, 3.05) is 26.2 Å². The fourth-order valence-corrected chi connectivity index (χ4v) is 2.99. The molecule has 1 aliphatic heterocycles. The third kappa shape index (κ3) is 3.19. The Hall–Kier alpha value is -0.610. The van der Waals surface area contributed by atoms with Crippen molar-refractivity contribution in [1.82, 2.24) is 10.6 Å². The molecule has 98 valence electrons. The maximum atomic E-state index is 11.9. The van der Waals surface area contributed by atoms with Gasteiger partial charge in [-0.1, -0.05) is 19.3 Å². The highest BCUT2D eigenvalue weighted by Gasteiger charge is 2.32. The molecule has 1 saturated carbocycles. The van der Waals surface area contributed by atoms with Gasteiger partial charge in [0.2, 0.25) is 5.91 Å². The number of aliphatic hydroxyl groups is 1. The Morgan fingerprint density at radius 1 is 1.35 bits per heavy atom. The topological polar surface area (TPSA) is 61.4 Å². The molecule has 2 aliphatic rings. The lowest BCUT2D eigenvalue weighted by Crippen LogP contribution is -2.43. The van der Waals surface area contributed by atoms with Crippen molar-refractivity contribution in [3.63, 3.8) is 0 Å². The summed E-state index contributed by atoms with van der Waals surface area (Å²) in [5, 5.41) is 15.8. The monoisotopic (exact) mass is 240 g/mol. The summed E-state index contributed by atoms with van der Waals surface area (Å²) in [6, 6.07) is 0. The highest BCUT2D eigenvalue weighted by Crippen LogP contribution is 2.35. The average molecular weight is 240 g/mol. The summed E-state index contributed by atoms with van der Waals surface area (Å²) in [6.45, 7) is 2.61. The molecule has 3 N–H and O–H groups in total. The van der Waals surface area contributed by atoms with Crippen LogP contribution in [0, 0.1) is 11.3 Å². The van der Waals surface area contributed by atoms with Crippen LogP contribution in [-0.4, -0.2) is 37.3 Å². The maximum absolute atomic E-state index is 11.9. The van der Waals surface area contributed by atoms with E-state index >= 15 is 0 Å². The first-order valence-electron chi connectivity index (χ1n) is 6.85. The van der Waals surface area contributed by atoms with Crippen molar-refractivity contribution in [2.45, 2.75) is 38.5 Å². The number of hydrogen-bond acceptors (Lipinski definition) is 3. The SMILES string of the molecule is O=C(NCC1(CO)CCCCC1)C1CCNC1. The molecule has 2 rings (SSSR count). The number of carbonyl (C=O) groups excluding carboxylic acids is 1. The van der Waals surface area contributed by atoms with Crippen molar-refractivity contribution < 1.29 is 9.90 Å². The summed E-state index contributed by atoms with van der Waals surface area (Å²) < 4.78 is 0. The van der Waals surface area contributed by atoms with Crippen LogP contribution in [0.25, 0.3) is 0 Å². The molecule has 0 aromatic carbocycles. The van der Waals surface area contributed by atoms with Gasteiger partial charge in [-0.2, -0.15) is 0 Å². The Kier molecular flexibility index (Phi) is 4.40. The second kappa shape index (κ2) is 5.83. The van der Waals surface area contributed by atoms with Gasteiger partial charge in [-0.25, -0.2) is 0 Å². The molecule has 0 aromatic heterocycles. The van der Waals surface area contributed by atoms with E-state index in [-0.39, 0.29) is 23.8 Å². The van der Waals surface area contributed by atoms with Crippen molar-refractivity contribution in [3.05, 3.63) is 0 Å². The van der Waals surface area contributed by atoms with Crippen LogP contribution in [0.1, 0.15) is 38.5 Å². The number of rotatable bonds is 4. The summed E-state index contributed by atoms with van der Waals surface area (Å²) in [5.74, 6) is 0.294. The summed E-state index contributed by atoms with van der Waals surface area (Å²) in [7, 11) is 0. The van der Waals surface area contributed by atoms with Crippen LogP contribution >= 0.6 is 0 Å². The summed E-state index contributed by atoms with van der Waals surface area (Å²) >= 11 is 0. The first-order valence-corrected chi connectivity index (χ1v) is 6.85. The van der Waals surface area contributed by atoms with Crippen molar-refractivity contribution >= 4 is 5.91 Å². The van der Waals surface area contributed by atoms with Gasteiger partial charge >= 0.3 is 0 Å². The number of nitrogens with one attached hydrogen (secondary N) is 2. The lowest BCUT2D eigenvalue weighted by Gasteiger charge is -2.35. The third-order valence-electron chi connectivity index (χ3n) is 4.32. The second-order valence-corrected chi connectivity index (χ2v) is 5.63. The molecule has 2 fully saturated rings. The molecule has 4 nitrogen and oxygen atoms in total.